The fourth-order valence-electron chi connectivity index (χ4n) is 1.63. The van der Waals surface area contributed by atoms with Crippen LogP contribution >= 0.6 is 15.9 Å². The monoisotopic (exact) mass is 301 g/mol. The van der Waals surface area contributed by atoms with E-state index in [-0.39, 0.29) is 11.3 Å². The summed E-state index contributed by atoms with van der Waals surface area (Å²) >= 11 is 3.16. The van der Waals surface area contributed by atoms with Crippen molar-refractivity contribution in [1.82, 2.24) is 5.32 Å². The summed E-state index contributed by atoms with van der Waals surface area (Å²) in [7, 11) is 0. The molecule has 3 nitrogen and oxygen atoms in total. The molecule has 1 saturated heterocycles. The highest BCUT2D eigenvalue weighted by Gasteiger charge is 2.33. The molecule has 1 fully saturated rings. The second-order valence-corrected chi connectivity index (χ2v) is 5.56. The molecule has 0 saturated carbocycles. The van der Waals surface area contributed by atoms with Crippen molar-refractivity contribution < 1.29 is 13.9 Å². The van der Waals surface area contributed by atoms with Crippen molar-refractivity contribution in [3.05, 3.63) is 34.1 Å². The largest absolute Gasteiger partial charge is 0.380 e. The van der Waals surface area contributed by atoms with Gasteiger partial charge in [0.25, 0.3) is 5.91 Å². The van der Waals surface area contributed by atoms with Gasteiger partial charge in [0.1, 0.15) is 5.82 Å². The maximum Gasteiger partial charge on any atom is 0.251 e. The van der Waals surface area contributed by atoms with E-state index in [0.29, 0.717) is 29.8 Å². The predicted molar refractivity (Wildman–Crippen MR) is 65.4 cm³/mol. The van der Waals surface area contributed by atoms with Crippen LogP contribution in [0, 0.1) is 11.2 Å². The first-order valence-corrected chi connectivity index (χ1v) is 6.10. The van der Waals surface area contributed by atoms with Crippen LogP contribution in [0.5, 0.6) is 0 Å². The summed E-state index contributed by atoms with van der Waals surface area (Å²) in [5.74, 6) is -0.693. The molecule has 1 heterocycles. The van der Waals surface area contributed by atoms with Crippen LogP contribution in [0.2, 0.25) is 0 Å². The standard InChI is InChI=1S/C12H13BrFNO2/c1-12(6-17-7-12)5-15-11(16)8-2-9(13)4-10(14)3-8/h2-4H,5-7H2,1H3,(H,15,16). The molecule has 0 aromatic heterocycles. The van der Waals surface area contributed by atoms with Crippen LogP contribution in [0.25, 0.3) is 0 Å². The minimum Gasteiger partial charge on any atom is -0.380 e. The molecule has 0 bridgehead atoms. The summed E-state index contributed by atoms with van der Waals surface area (Å²) < 4.78 is 18.8. The van der Waals surface area contributed by atoms with Gasteiger partial charge in [-0.15, -0.1) is 0 Å². The van der Waals surface area contributed by atoms with Crippen LogP contribution in [0.1, 0.15) is 17.3 Å². The maximum absolute atomic E-state index is 13.1. The molecular weight excluding hydrogens is 289 g/mol. The topological polar surface area (TPSA) is 38.3 Å². The molecule has 17 heavy (non-hydrogen) atoms. The number of ether oxygens (including phenoxy) is 1. The van der Waals surface area contributed by atoms with Crippen molar-refractivity contribution >= 4 is 21.8 Å². The first-order valence-electron chi connectivity index (χ1n) is 5.31. The summed E-state index contributed by atoms with van der Waals surface area (Å²) in [6, 6.07) is 4.13. The number of benzene rings is 1. The van der Waals surface area contributed by atoms with Crippen molar-refractivity contribution in [2.75, 3.05) is 19.8 Å². The summed E-state index contributed by atoms with van der Waals surface area (Å²) in [6.45, 7) is 3.89. The van der Waals surface area contributed by atoms with Crippen LogP contribution in [-0.2, 0) is 4.74 Å². The third-order valence-electron chi connectivity index (χ3n) is 2.70. The van der Waals surface area contributed by atoms with Crippen LogP contribution in [0.4, 0.5) is 4.39 Å². The number of hydrogen-bond donors (Lipinski definition) is 1. The molecule has 2 rings (SSSR count). The smallest absolute Gasteiger partial charge is 0.251 e. The molecule has 0 atom stereocenters. The van der Waals surface area contributed by atoms with Crippen LogP contribution in [-0.4, -0.2) is 25.7 Å². The van der Waals surface area contributed by atoms with Gasteiger partial charge in [-0.2, -0.15) is 0 Å². The molecule has 0 unspecified atom stereocenters. The van der Waals surface area contributed by atoms with E-state index in [9.17, 15) is 9.18 Å². The Labute approximate surface area is 107 Å². The normalized spacial score (nSPS) is 17.4. The molecule has 1 aliphatic rings. The van der Waals surface area contributed by atoms with Gasteiger partial charge in [0.2, 0.25) is 0 Å². The van der Waals surface area contributed by atoms with E-state index in [4.69, 9.17) is 4.74 Å². The molecule has 1 amide bonds. The predicted octanol–water partition coefficient (Wildman–Crippen LogP) is 2.35. The zero-order valence-electron chi connectivity index (χ0n) is 9.43. The second kappa shape index (κ2) is 4.74. The van der Waals surface area contributed by atoms with E-state index in [1.807, 2.05) is 6.92 Å². The Hall–Kier alpha value is -0.940. The number of nitrogens with one attached hydrogen (secondary N) is 1. The van der Waals surface area contributed by atoms with Crippen LogP contribution in [0.15, 0.2) is 22.7 Å². The Morgan fingerprint density at radius 3 is 2.76 bits per heavy atom. The van der Waals surface area contributed by atoms with Gasteiger partial charge in [-0.3, -0.25) is 4.79 Å². The van der Waals surface area contributed by atoms with Crippen molar-refractivity contribution in [3.8, 4) is 0 Å². The Kier molecular flexibility index (Phi) is 3.49. The molecule has 0 aliphatic carbocycles. The molecule has 1 aliphatic heterocycles. The molecule has 5 heteroatoms. The number of halogens is 2. The average molecular weight is 302 g/mol. The third-order valence-corrected chi connectivity index (χ3v) is 3.16. The Morgan fingerprint density at radius 1 is 1.53 bits per heavy atom. The quantitative estimate of drug-likeness (QED) is 0.931. The minimum absolute atomic E-state index is 0.0141. The van der Waals surface area contributed by atoms with Gasteiger partial charge < -0.3 is 10.1 Å². The zero-order chi connectivity index (χ0) is 12.5. The SMILES string of the molecule is CC1(CNC(=O)c2cc(F)cc(Br)c2)COC1. The number of amides is 1. The first kappa shape index (κ1) is 12.5. The van der Waals surface area contributed by atoms with E-state index >= 15 is 0 Å². The molecule has 1 aromatic rings. The van der Waals surface area contributed by atoms with Gasteiger partial charge in [0.15, 0.2) is 0 Å². The number of carbonyl (C=O) groups excluding carboxylic acids is 1. The lowest BCUT2D eigenvalue weighted by molar-refractivity contribution is -0.0978. The highest BCUT2D eigenvalue weighted by Crippen LogP contribution is 2.25. The van der Waals surface area contributed by atoms with Crippen molar-refractivity contribution in [2.24, 2.45) is 5.41 Å². The Bertz CT molecular complexity index is 426. The number of rotatable bonds is 3. The van der Waals surface area contributed by atoms with Crippen molar-refractivity contribution in [2.45, 2.75) is 6.92 Å². The average Bonchev–Trinajstić information content (AvgIpc) is 2.22. The lowest BCUT2D eigenvalue weighted by Gasteiger charge is -2.38. The minimum atomic E-state index is -0.428. The molecular formula is C12H13BrFNO2. The summed E-state index contributed by atoms with van der Waals surface area (Å²) in [5.41, 5.74) is 0.334. The van der Waals surface area contributed by atoms with Crippen molar-refractivity contribution in [3.63, 3.8) is 0 Å². The summed E-state index contributed by atoms with van der Waals surface area (Å²) in [4.78, 5) is 11.8. The molecule has 92 valence electrons. The van der Waals surface area contributed by atoms with E-state index in [0.717, 1.165) is 0 Å². The highest BCUT2D eigenvalue weighted by molar-refractivity contribution is 9.10. The summed E-state index contributed by atoms with van der Waals surface area (Å²) in [6.07, 6.45) is 0. The van der Waals surface area contributed by atoms with Crippen LogP contribution in [0.3, 0.4) is 0 Å². The van der Waals surface area contributed by atoms with Crippen LogP contribution < -0.4 is 5.32 Å². The Balaban J connectivity index is 1.99. The Morgan fingerprint density at radius 2 is 2.24 bits per heavy atom. The fraction of sp³-hybridized carbons (Fsp3) is 0.417. The number of carbonyl (C=O) groups is 1. The molecule has 0 spiro atoms. The van der Waals surface area contributed by atoms with E-state index in [1.54, 1.807) is 6.07 Å². The first-order chi connectivity index (χ1) is 7.98. The van der Waals surface area contributed by atoms with Gasteiger partial charge in [0.05, 0.1) is 13.2 Å². The van der Waals surface area contributed by atoms with E-state index in [1.165, 1.54) is 12.1 Å². The third kappa shape index (κ3) is 3.04. The van der Waals surface area contributed by atoms with Crippen molar-refractivity contribution in [1.29, 1.82) is 0 Å². The lowest BCUT2D eigenvalue weighted by Crippen LogP contribution is -2.48. The lowest BCUT2D eigenvalue weighted by atomic mass is 9.88. The highest BCUT2D eigenvalue weighted by atomic mass is 79.9. The van der Waals surface area contributed by atoms with Gasteiger partial charge in [-0.1, -0.05) is 22.9 Å². The second-order valence-electron chi connectivity index (χ2n) is 4.64. The van der Waals surface area contributed by atoms with Gasteiger partial charge in [0, 0.05) is 22.0 Å². The molecule has 1 N–H and O–H groups in total. The van der Waals surface area contributed by atoms with Gasteiger partial charge in [-0.05, 0) is 18.2 Å². The maximum atomic E-state index is 13.1. The van der Waals surface area contributed by atoms with E-state index in [2.05, 4.69) is 21.2 Å². The van der Waals surface area contributed by atoms with Gasteiger partial charge >= 0.3 is 0 Å². The summed E-state index contributed by atoms with van der Waals surface area (Å²) in [5, 5.41) is 2.79. The van der Waals surface area contributed by atoms with E-state index < -0.39 is 5.82 Å². The number of hydrogen-bond acceptors (Lipinski definition) is 2. The zero-order valence-corrected chi connectivity index (χ0v) is 11.0. The molecule has 0 radical (unpaired) electrons. The molecule has 1 aromatic carbocycles. The fourth-order valence-corrected chi connectivity index (χ4v) is 2.10. The van der Waals surface area contributed by atoms with Gasteiger partial charge in [-0.25, -0.2) is 4.39 Å².